The number of non-ortho nitro benzene ring substituents is 1. The summed E-state index contributed by atoms with van der Waals surface area (Å²) in [6, 6.07) is 5.88. The van der Waals surface area contributed by atoms with Crippen molar-refractivity contribution < 1.29 is 14.8 Å². The van der Waals surface area contributed by atoms with Crippen LogP contribution < -0.4 is 4.74 Å². The molecule has 0 aliphatic rings. The van der Waals surface area contributed by atoms with Gasteiger partial charge in [-0.25, -0.2) is 0 Å². The third-order valence-electron chi connectivity index (χ3n) is 2.71. The molecule has 0 bridgehead atoms. The molecule has 0 saturated carbocycles. The normalized spacial score (nSPS) is 11.9. The zero-order chi connectivity index (χ0) is 15.7. The van der Waals surface area contributed by atoms with Gasteiger partial charge >= 0.3 is 0 Å². The number of aliphatic hydroxyl groups is 1. The smallest absolute Gasteiger partial charge is 0.273 e. The lowest BCUT2D eigenvalue weighted by Crippen LogP contribution is -2.35. The van der Waals surface area contributed by atoms with E-state index in [1.165, 1.54) is 12.1 Å². The van der Waals surface area contributed by atoms with Crippen molar-refractivity contribution in [2.24, 2.45) is 0 Å². The molecule has 0 radical (unpaired) electrons. The number of nitro benzene ring substituents is 1. The summed E-state index contributed by atoms with van der Waals surface area (Å²) in [4.78, 5) is 12.1. The highest BCUT2D eigenvalue weighted by atomic mass is 16.6. The van der Waals surface area contributed by atoms with E-state index in [1.54, 1.807) is 24.3 Å². The highest BCUT2D eigenvalue weighted by molar-refractivity contribution is 5.37. The van der Waals surface area contributed by atoms with E-state index in [4.69, 9.17) is 4.74 Å². The van der Waals surface area contributed by atoms with Crippen LogP contribution in [0.3, 0.4) is 0 Å². The summed E-state index contributed by atoms with van der Waals surface area (Å²) < 4.78 is 5.38. The predicted octanol–water partition coefficient (Wildman–Crippen LogP) is 2.01. The second-order valence-corrected chi connectivity index (χ2v) is 4.52. The Labute approximate surface area is 124 Å². The van der Waals surface area contributed by atoms with Gasteiger partial charge < -0.3 is 9.84 Å². The Morgan fingerprint density at radius 3 is 2.62 bits per heavy atom. The van der Waals surface area contributed by atoms with Crippen molar-refractivity contribution >= 4 is 5.69 Å². The van der Waals surface area contributed by atoms with E-state index in [-0.39, 0.29) is 12.3 Å². The van der Waals surface area contributed by atoms with Crippen LogP contribution in [0, 0.1) is 10.1 Å². The molecule has 0 aromatic heterocycles. The largest absolute Gasteiger partial charge is 0.491 e. The number of ether oxygens (including phenoxy) is 1. The van der Waals surface area contributed by atoms with Gasteiger partial charge in [0.15, 0.2) is 0 Å². The monoisotopic (exact) mass is 292 g/mol. The van der Waals surface area contributed by atoms with E-state index in [9.17, 15) is 15.2 Å². The second kappa shape index (κ2) is 8.89. The molecule has 0 amide bonds. The van der Waals surface area contributed by atoms with Gasteiger partial charge in [-0.05, 0) is 6.07 Å². The molecular formula is C15H20N2O4. The Morgan fingerprint density at radius 2 is 2.05 bits per heavy atom. The molecule has 1 aromatic rings. The van der Waals surface area contributed by atoms with Crippen molar-refractivity contribution in [1.29, 1.82) is 0 Å². The lowest BCUT2D eigenvalue weighted by atomic mass is 10.3. The van der Waals surface area contributed by atoms with Crippen LogP contribution in [-0.4, -0.2) is 47.3 Å². The minimum atomic E-state index is -0.704. The lowest BCUT2D eigenvalue weighted by molar-refractivity contribution is -0.384. The average molecular weight is 292 g/mol. The predicted molar refractivity (Wildman–Crippen MR) is 81.4 cm³/mol. The molecule has 0 fully saturated rings. The van der Waals surface area contributed by atoms with Crippen molar-refractivity contribution in [1.82, 2.24) is 4.90 Å². The van der Waals surface area contributed by atoms with E-state index >= 15 is 0 Å². The number of nitro groups is 1. The van der Waals surface area contributed by atoms with Crippen LogP contribution in [0.5, 0.6) is 5.75 Å². The molecule has 1 rings (SSSR count). The summed E-state index contributed by atoms with van der Waals surface area (Å²) in [5, 5.41) is 20.6. The molecule has 0 saturated heterocycles. The average Bonchev–Trinajstić information content (AvgIpc) is 2.46. The van der Waals surface area contributed by atoms with E-state index in [1.807, 2.05) is 4.90 Å². The van der Waals surface area contributed by atoms with E-state index < -0.39 is 11.0 Å². The van der Waals surface area contributed by atoms with E-state index in [0.29, 0.717) is 25.4 Å². The molecule has 0 aliphatic carbocycles. The lowest BCUT2D eigenvalue weighted by Gasteiger charge is -2.22. The van der Waals surface area contributed by atoms with Gasteiger partial charge in [0.1, 0.15) is 18.5 Å². The summed E-state index contributed by atoms with van der Waals surface area (Å²) in [5.41, 5.74) is -0.0399. The fraction of sp³-hybridized carbons (Fsp3) is 0.333. The minimum absolute atomic E-state index is 0.0399. The van der Waals surface area contributed by atoms with Crippen molar-refractivity contribution in [3.63, 3.8) is 0 Å². The highest BCUT2D eigenvalue weighted by Gasteiger charge is 2.12. The molecule has 1 atom stereocenters. The van der Waals surface area contributed by atoms with Crippen molar-refractivity contribution in [2.45, 2.75) is 6.10 Å². The quantitative estimate of drug-likeness (QED) is 0.405. The van der Waals surface area contributed by atoms with Gasteiger partial charge in [0.25, 0.3) is 5.69 Å². The van der Waals surface area contributed by atoms with Crippen LogP contribution in [0.2, 0.25) is 0 Å². The van der Waals surface area contributed by atoms with Crippen LogP contribution in [0.15, 0.2) is 49.6 Å². The van der Waals surface area contributed by atoms with Crippen LogP contribution in [-0.2, 0) is 0 Å². The molecule has 6 nitrogen and oxygen atoms in total. The first-order chi connectivity index (χ1) is 10.1. The SMILES string of the molecule is C=CCN(CC=C)CC(O)COc1cccc([N+](=O)[O-])c1. The summed E-state index contributed by atoms with van der Waals surface area (Å²) in [6.07, 6.45) is 2.79. The Bertz CT molecular complexity index is 480. The first-order valence-electron chi connectivity index (χ1n) is 6.56. The Kier molecular flexibility index (Phi) is 7.14. The molecule has 1 unspecified atom stereocenters. The van der Waals surface area contributed by atoms with Gasteiger partial charge in [0, 0.05) is 25.7 Å². The molecule has 21 heavy (non-hydrogen) atoms. The molecule has 0 aliphatic heterocycles. The fourth-order valence-electron chi connectivity index (χ4n) is 1.82. The van der Waals surface area contributed by atoms with Gasteiger partial charge in [0.2, 0.25) is 0 Å². The maximum atomic E-state index is 10.7. The number of hydrogen-bond donors (Lipinski definition) is 1. The van der Waals surface area contributed by atoms with Crippen molar-refractivity contribution in [2.75, 3.05) is 26.2 Å². The number of rotatable bonds is 10. The van der Waals surface area contributed by atoms with Gasteiger partial charge in [-0.3, -0.25) is 15.0 Å². The number of nitrogens with zero attached hydrogens (tertiary/aromatic N) is 2. The first-order valence-corrected chi connectivity index (χ1v) is 6.56. The number of benzene rings is 1. The zero-order valence-electron chi connectivity index (χ0n) is 11.9. The molecule has 0 heterocycles. The van der Waals surface area contributed by atoms with Crippen molar-refractivity contribution in [3.05, 3.63) is 59.7 Å². The molecule has 114 valence electrons. The number of hydrogen-bond acceptors (Lipinski definition) is 5. The highest BCUT2D eigenvalue weighted by Crippen LogP contribution is 2.19. The first kappa shape index (κ1) is 16.9. The summed E-state index contributed by atoms with van der Waals surface area (Å²) in [6.45, 7) is 9.06. The summed E-state index contributed by atoms with van der Waals surface area (Å²) in [5.74, 6) is 0.363. The minimum Gasteiger partial charge on any atom is -0.491 e. The molecule has 1 aromatic carbocycles. The second-order valence-electron chi connectivity index (χ2n) is 4.52. The van der Waals surface area contributed by atoms with E-state index in [0.717, 1.165) is 0 Å². The fourth-order valence-corrected chi connectivity index (χ4v) is 1.82. The third-order valence-corrected chi connectivity index (χ3v) is 2.71. The maximum Gasteiger partial charge on any atom is 0.273 e. The zero-order valence-corrected chi connectivity index (χ0v) is 11.9. The summed E-state index contributed by atoms with van der Waals surface area (Å²) >= 11 is 0. The van der Waals surface area contributed by atoms with Gasteiger partial charge in [0.05, 0.1) is 11.0 Å². The van der Waals surface area contributed by atoms with E-state index in [2.05, 4.69) is 13.2 Å². The number of aliphatic hydroxyl groups excluding tert-OH is 1. The van der Waals surface area contributed by atoms with Crippen LogP contribution in [0.4, 0.5) is 5.69 Å². The molecule has 1 N–H and O–H groups in total. The molecular weight excluding hydrogens is 272 g/mol. The summed E-state index contributed by atoms with van der Waals surface area (Å²) in [7, 11) is 0. The van der Waals surface area contributed by atoms with Gasteiger partial charge in [-0.1, -0.05) is 18.2 Å². The van der Waals surface area contributed by atoms with Gasteiger partial charge in [-0.15, -0.1) is 13.2 Å². The van der Waals surface area contributed by atoms with Crippen LogP contribution in [0.25, 0.3) is 0 Å². The Morgan fingerprint density at radius 1 is 1.38 bits per heavy atom. The molecule has 0 spiro atoms. The standard InChI is InChI=1S/C15H20N2O4/c1-3-8-16(9-4-2)11-14(18)12-21-15-7-5-6-13(10-15)17(19)20/h3-7,10,14,18H,1-2,8-9,11-12H2. The molecule has 6 heteroatoms. The van der Waals surface area contributed by atoms with Crippen LogP contribution >= 0.6 is 0 Å². The van der Waals surface area contributed by atoms with Crippen LogP contribution in [0.1, 0.15) is 0 Å². The van der Waals surface area contributed by atoms with Crippen molar-refractivity contribution in [3.8, 4) is 5.75 Å². The Balaban J connectivity index is 2.49. The third kappa shape index (κ3) is 6.20. The van der Waals surface area contributed by atoms with Gasteiger partial charge in [-0.2, -0.15) is 0 Å². The topological polar surface area (TPSA) is 75.8 Å². The maximum absolute atomic E-state index is 10.7. The Hall–Kier alpha value is -2.18.